The molecule has 2 N–H and O–H groups in total. The largest absolute Gasteiger partial charge is 0.392 e. The predicted molar refractivity (Wildman–Crippen MR) is 75.8 cm³/mol. The number of aliphatic hydroxyl groups excluding tert-OH is 1. The molecule has 3 nitrogen and oxygen atoms in total. The lowest BCUT2D eigenvalue weighted by atomic mass is 9.92. The van der Waals surface area contributed by atoms with E-state index in [0.29, 0.717) is 12.3 Å². The molecule has 3 heteroatoms. The first-order valence-electron chi connectivity index (χ1n) is 7.13. The zero-order valence-electron chi connectivity index (χ0n) is 11.6. The molecular weight excluding hydrogens is 236 g/mol. The second kappa shape index (κ2) is 7.28. The van der Waals surface area contributed by atoms with Crippen molar-refractivity contribution in [3.8, 4) is 11.8 Å². The number of nitrogens with zero attached hydrogens (tertiary/aromatic N) is 1. The normalized spacial score (nSPS) is 24.3. The van der Waals surface area contributed by atoms with Crippen molar-refractivity contribution in [2.24, 2.45) is 0 Å². The number of piperidine rings is 1. The van der Waals surface area contributed by atoms with Crippen LogP contribution < -0.4 is 4.90 Å². The van der Waals surface area contributed by atoms with E-state index in [0.717, 1.165) is 13.1 Å². The maximum atomic E-state index is 9.16. The maximum Gasteiger partial charge on any atom is 0.139 e. The van der Waals surface area contributed by atoms with Gasteiger partial charge in [-0.15, -0.1) is 0 Å². The van der Waals surface area contributed by atoms with Crippen molar-refractivity contribution in [2.75, 3.05) is 19.6 Å². The number of rotatable bonds is 3. The van der Waals surface area contributed by atoms with Crippen LogP contribution in [0.2, 0.25) is 0 Å². The highest BCUT2D eigenvalue weighted by molar-refractivity contribution is 5.14. The van der Waals surface area contributed by atoms with Crippen LogP contribution in [-0.4, -0.2) is 35.8 Å². The van der Waals surface area contributed by atoms with E-state index >= 15 is 0 Å². The summed E-state index contributed by atoms with van der Waals surface area (Å²) in [6.45, 7) is 5.03. The second-order valence-electron chi connectivity index (χ2n) is 5.41. The summed E-state index contributed by atoms with van der Waals surface area (Å²) in [7, 11) is 0. The molecule has 19 heavy (non-hydrogen) atoms. The highest BCUT2D eigenvalue weighted by Crippen LogP contribution is 2.20. The number of likely N-dealkylation sites (tertiary alicyclic amines) is 1. The van der Waals surface area contributed by atoms with Crippen LogP contribution in [0.3, 0.4) is 0 Å². The molecule has 1 aromatic rings. The standard InChI is InChI=1S/C16H22N2O/c1-14(19)6-2-3-10-18-11-5-8-16(13-18)15-7-4-9-17-12-15/h4,7,9,12,14,16,19H,5-6,8,10-11,13H2,1H3/p+1/t14-,16+/m1/s1. The quantitative estimate of drug-likeness (QED) is 0.781. The zero-order chi connectivity index (χ0) is 13.5. The number of nitrogens with one attached hydrogen (secondary N) is 1. The fourth-order valence-electron chi connectivity index (χ4n) is 2.62. The molecule has 0 amide bonds. The maximum absolute atomic E-state index is 9.16. The molecule has 1 aromatic heterocycles. The number of quaternary nitrogens is 1. The Kier molecular flexibility index (Phi) is 5.38. The van der Waals surface area contributed by atoms with Gasteiger partial charge >= 0.3 is 0 Å². The molecule has 1 unspecified atom stereocenters. The van der Waals surface area contributed by atoms with Crippen molar-refractivity contribution in [1.29, 1.82) is 0 Å². The van der Waals surface area contributed by atoms with E-state index in [4.69, 9.17) is 5.11 Å². The first kappa shape index (κ1) is 14.0. The van der Waals surface area contributed by atoms with E-state index in [9.17, 15) is 0 Å². The Morgan fingerprint density at radius 2 is 2.42 bits per heavy atom. The average Bonchev–Trinajstić information content (AvgIpc) is 2.45. The van der Waals surface area contributed by atoms with Crippen LogP contribution in [0, 0.1) is 11.8 Å². The highest BCUT2D eigenvalue weighted by atomic mass is 16.3. The Hall–Kier alpha value is -1.37. The van der Waals surface area contributed by atoms with Gasteiger partial charge in [0.05, 0.1) is 19.2 Å². The van der Waals surface area contributed by atoms with Gasteiger partial charge in [0, 0.05) is 24.7 Å². The third kappa shape index (κ3) is 4.66. The van der Waals surface area contributed by atoms with E-state index in [1.165, 1.54) is 24.9 Å². The number of hydrogen-bond acceptors (Lipinski definition) is 2. The number of aromatic nitrogens is 1. The minimum absolute atomic E-state index is 0.313. The van der Waals surface area contributed by atoms with Gasteiger partial charge in [-0.3, -0.25) is 4.98 Å². The summed E-state index contributed by atoms with van der Waals surface area (Å²) in [5.41, 5.74) is 1.36. The third-order valence-electron chi connectivity index (χ3n) is 3.63. The van der Waals surface area contributed by atoms with Gasteiger partial charge in [-0.2, -0.15) is 0 Å². The number of aliphatic hydroxyl groups is 1. The van der Waals surface area contributed by atoms with Crippen LogP contribution in [0.5, 0.6) is 0 Å². The fourth-order valence-corrected chi connectivity index (χ4v) is 2.62. The molecule has 0 bridgehead atoms. The summed E-state index contributed by atoms with van der Waals surface area (Å²) < 4.78 is 0. The van der Waals surface area contributed by atoms with Gasteiger partial charge in [-0.05, 0) is 37.3 Å². The molecular formula is C16H23N2O+. The Labute approximate surface area is 115 Å². The lowest BCUT2D eigenvalue weighted by Crippen LogP contribution is -3.13. The van der Waals surface area contributed by atoms with Crippen LogP contribution in [0.1, 0.15) is 37.7 Å². The van der Waals surface area contributed by atoms with Gasteiger partial charge < -0.3 is 10.0 Å². The van der Waals surface area contributed by atoms with Crippen LogP contribution in [0.15, 0.2) is 24.5 Å². The van der Waals surface area contributed by atoms with Crippen LogP contribution in [0.25, 0.3) is 0 Å². The molecule has 0 spiro atoms. The van der Waals surface area contributed by atoms with Gasteiger partial charge in [0.2, 0.25) is 0 Å². The Morgan fingerprint density at radius 3 is 3.16 bits per heavy atom. The minimum atomic E-state index is -0.313. The predicted octanol–water partition coefficient (Wildman–Crippen LogP) is 0.618. The summed E-state index contributed by atoms with van der Waals surface area (Å²) in [5.74, 6) is 6.87. The average molecular weight is 259 g/mol. The van der Waals surface area contributed by atoms with E-state index < -0.39 is 0 Å². The van der Waals surface area contributed by atoms with E-state index in [-0.39, 0.29) is 6.10 Å². The van der Waals surface area contributed by atoms with Crippen molar-refractivity contribution in [2.45, 2.75) is 38.2 Å². The SMILES string of the molecule is C[C@@H](O)CC#CC[NH+]1CCC[C@H](c2cccnc2)C1. The van der Waals surface area contributed by atoms with Crippen molar-refractivity contribution < 1.29 is 10.0 Å². The van der Waals surface area contributed by atoms with E-state index in [1.807, 2.05) is 18.5 Å². The van der Waals surface area contributed by atoms with Crippen molar-refractivity contribution in [3.05, 3.63) is 30.1 Å². The van der Waals surface area contributed by atoms with Gasteiger partial charge in [-0.25, -0.2) is 0 Å². The molecule has 2 rings (SSSR count). The Balaban J connectivity index is 1.85. The first-order chi connectivity index (χ1) is 9.25. The summed E-state index contributed by atoms with van der Waals surface area (Å²) in [5, 5.41) is 9.16. The molecule has 1 aliphatic heterocycles. The van der Waals surface area contributed by atoms with Crippen molar-refractivity contribution >= 4 is 0 Å². The zero-order valence-corrected chi connectivity index (χ0v) is 11.6. The molecule has 0 aromatic carbocycles. The van der Waals surface area contributed by atoms with Crippen LogP contribution in [0.4, 0.5) is 0 Å². The molecule has 102 valence electrons. The highest BCUT2D eigenvalue weighted by Gasteiger charge is 2.23. The fraction of sp³-hybridized carbons (Fsp3) is 0.562. The molecule has 3 atom stereocenters. The van der Waals surface area contributed by atoms with E-state index in [1.54, 1.807) is 11.8 Å². The molecule has 0 aliphatic carbocycles. The summed E-state index contributed by atoms with van der Waals surface area (Å²) >= 11 is 0. The van der Waals surface area contributed by atoms with E-state index in [2.05, 4.69) is 22.9 Å². The number of pyridine rings is 1. The topological polar surface area (TPSA) is 37.6 Å². The van der Waals surface area contributed by atoms with Gasteiger partial charge in [0.25, 0.3) is 0 Å². The minimum Gasteiger partial charge on any atom is -0.392 e. The first-order valence-corrected chi connectivity index (χ1v) is 7.13. The molecule has 1 saturated heterocycles. The smallest absolute Gasteiger partial charge is 0.139 e. The van der Waals surface area contributed by atoms with Gasteiger partial charge in [0.1, 0.15) is 6.54 Å². The Morgan fingerprint density at radius 1 is 1.53 bits per heavy atom. The monoisotopic (exact) mass is 259 g/mol. The summed E-state index contributed by atoms with van der Waals surface area (Å²) in [6.07, 6.45) is 6.61. The molecule has 0 radical (unpaired) electrons. The van der Waals surface area contributed by atoms with Crippen LogP contribution in [-0.2, 0) is 0 Å². The Bertz CT molecular complexity index is 433. The summed E-state index contributed by atoms with van der Waals surface area (Å²) in [6, 6.07) is 4.20. The lowest BCUT2D eigenvalue weighted by Gasteiger charge is -2.28. The second-order valence-corrected chi connectivity index (χ2v) is 5.41. The molecule has 1 fully saturated rings. The third-order valence-corrected chi connectivity index (χ3v) is 3.63. The van der Waals surface area contributed by atoms with Gasteiger partial charge in [-0.1, -0.05) is 12.0 Å². The molecule has 2 heterocycles. The lowest BCUT2D eigenvalue weighted by molar-refractivity contribution is -0.899. The van der Waals surface area contributed by atoms with Crippen molar-refractivity contribution in [3.63, 3.8) is 0 Å². The van der Waals surface area contributed by atoms with Gasteiger partial charge in [0.15, 0.2) is 0 Å². The molecule has 1 aliphatic rings. The van der Waals surface area contributed by atoms with Crippen molar-refractivity contribution in [1.82, 2.24) is 4.98 Å². The number of hydrogen-bond donors (Lipinski definition) is 2. The molecule has 0 saturated carbocycles. The summed E-state index contributed by atoms with van der Waals surface area (Å²) in [4.78, 5) is 5.77. The van der Waals surface area contributed by atoms with Crippen LogP contribution >= 0.6 is 0 Å².